The molecule has 0 fully saturated rings. The molecule has 10 heteroatoms. The van der Waals surface area contributed by atoms with Crippen molar-refractivity contribution >= 4 is 28.3 Å². The van der Waals surface area contributed by atoms with Crippen molar-refractivity contribution in [1.82, 2.24) is 15.5 Å². The van der Waals surface area contributed by atoms with E-state index in [1.807, 2.05) is 0 Å². The van der Waals surface area contributed by atoms with Crippen molar-refractivity contribution in [2.75, 3.05) is 5.32 Å². The molecule has 0 spiro atoms. The molecule has 2 N–H and O–H groups in total. The van der Waals surface area contributed by atoms with Gasteiger partial charge in [0, 0.05) is 5.56 Å². The number of nitrogens with one attached hydrogen (secondary N) is 2. The van der Waals surface area contributed by atoms with Gasteiger partial charge in [0.25, 0.3) is 5.91 Å². The fraction of sp³-hybridized carbons (Fsp3) is 0.375. The van der Waals surface area contributed by atoms with Crippen LogP contribution in [0.3, 0.4) is 0 Å². The van der Waals surface area contributed by atoms with Crippen LogP contribution in [0.25, 0.3) is 0 Å². The second-order valence-corrected chi connectivity index (χ2v) is 6.89. The highest BCUT2D eigenvalue weighted by atomic mass is 32.1. The van der Waals surface area contributed by atoms with Crippen LogP contribution < -0.4 is 10.6 Å². The molecule has 0 aliphatic rings. The number of amides is 2. The topological polar surface area (TPSA) is 84.0 Å². The Bertz CT molecular complexity index is 805. The van der Waals surface area contributed by atoms with Gasteiger partial charge in [0.1, 0.15) is 6.04 Å². The standard InChI is InChI=1S/C16H17F3N4O2S/c1-8(2)11(20-12(24)10-7-5-4-6-9(10)3)13(25)21-15-23-22-14(26-15)16(17,18)19/h4-8,11H,1-3H3,(H,20,24)(H,21,23,25). The average molecular weight is 386 g/mol. The van der Waals surface area contributed by atoms with Crippen LogP contribution in [0.2, 0.25) is 0 Å². The fourth-order valence-electron chi connectivity index (χ4n) is 2.15. The van der Waals surface area contributed by atoms with Crippen molar-refractivity contribution in [3.63, 3.8) is 0 Å². The van der Waals surface area contributed by atoms with Crippen LogP contribution in [0.4, 0.5) is 18.3 Å². The molecule has 1 heterocycles. The van der Waals surface area contributed by atoms with Crippen LogP contribution in [0.5, 0.6) is 0 Å². The van der Waals surface area contributed by atoms with E-state index in [0.29, 0.717) is 5.56 Å². The monoisotopic (exact) mass is 386 g/mol. The molecular formula is C16H17F3N4O2S. The Morgan fingerprint density at radius 1 is 1.15 bits per heavy atom. The zero-order valence-corrected chi connectivity index (χ0v) is 15.0. The van der Waals surface area contributed by atoms with Crippen LogP contribution in [0, 0.1) is 12.8 Å². The quantitative estimate of drug-likeness (QED) is 0.826. The van der Waals surface area contributed by atoms with E-state index in [1.165, 1.54) is 0 Å². The van der Waals surface area contributed by atoms with Gasteiger partial charge in [-0.25, -0.2) is 0 Å². The Balaban J connectivity index is 2.11. The third-order valence-electron chi connectivity index (χ3n) is 3.52. The summed E-state index contributed by atoms with van der Waals surface area (Å²) in [5.74, 6) is -1.39. The maximum absolute atomic E-state index is 12.6. The minimum Gasteiger partial charge on any atom is -0.340 e. The van der Waals surface area contributed by atoms with Crippen LogP contribution in [0.1, 0.15) is 34.8 Å². The number of aromatic nitrogens is 2. The fourth-order valence-corrected chi connectivity index (χ4v) is 2.77. The molecule has 1 aromatic carbocycles. The molecular weight excluding hydrogens is 369 g/mol. The molecule has 0 aliphatic heterocycles. The van der Waals surface area contributed by atoms with Gasteiger partial charge in [-0.3, -0.25) is 14.9 Å². The van der Waals surface area contributed by atoms with E-state index in [-0.39, 0.29) is 22.4 Å². The first-order valence-corrected chi connectivity index (χ1v) is 8.49. The molecule has 0 radical (unpaired) electrons. The largest absolute Gasteiger partial charge is 0.445 e. The molecule has 0 saturated heterocycles. The van der Waals surface area contributed by atoms with E-state index in [1.54, 1.807) is 45.0 Å². The van der Waals surface area contributed by atoms with Crippen molar-refractivity contribution < 1.29 is 22.8 Å². The molecule has 2 aromatic rings. The first kappa shape index (κ1) is 19.8. The molecule has 2 amide bonds. The number of nitrogens with zero attached hydrogens (tertiary/aromatic N) is 2. The first-order chi connectivity index (χ1) is 12.1. The van der Waals surface area contributed by atoms with E-state index in [2.05, 4.69) is 20.8 Å². The summed E-state index contributed by atoms with van der Waals surface area (Å²) in [7, 11) is 0. The van der Waals surface area contributed by atoms with Crippen LogP contribution >= 0.6 is 11.3 Å². The molecule has 0 aliphatic carbocycles. The number of anilines is 1. The second kappa shape index (κ2) is 7.81. The summed E-state index contributed by atoms with van der Waals surface area (Å²) in [6.45, 7) is 5.19. The summed E-state index contributed by atoms with van der Waals surface area (Å²) in [5, 5.41) is 9.78. The summed E-state index contributed by atoms with van der Waals surface area (Å²) in [4.78, 5) is 24.8. The second-order valence-electron chi connectivity index (χ2n) is 5.91. The van der Waals surface area contributed by atoms with Gasteiger partial charge in [-0.15, -0.1) is 10.2 Å². The predicted molar refractivity (Wildman–Crippen MR) is 90.8 cm³/mol. The molecule has 1 aromatic heterocycles. The zero-order chi connectivity index (χ0) is 19.5. The van der Waals surface area contributed by atoms with Crippen molar-refractivity contribution in [3.8, 4) is 0 Å². The summed E-state index contributed by atoms with van der Waals surface area (Å²) < 4.78 is 37.7. The lowest BCUT2D eigenvalue weighted by atomic mass is 10.0. The van der Waals surface area contributed by atoms with Gasteiger partial charge in [-0.2, -0.15) is 13.2 Å². The minimum atomic E-state index is -4.63. The summed E-state index contributed by atoms with van der Waals surface area (Å²) in [5.41, 5.74) is 1.16. The van der Waals surface area contributed by atoms with Crippen molar-refractivity contribution in [1.29, 1.82) is 0 Å². The SMILES string of the molecule is Cc1ccccc1C(=O)NC(C(=O)Nc1nnc(C(F)(F)F)s1)C(C)C. The Kier molecular flexibility index (Phi) is 5.96. The maximum atomic E-state index is 12.6. The number of benzene rings is 1. The maximum Gasteiger partial charge on any atom is 0.445 e. The molecule has 1 unspecified atom stereocenters. The molecule has 0 bridgehead atoms. The van der Waals surface area contributed by atoms with Gasteiger partial charge in [0.2, 0.25) is 16.0 Å². The van der Waals surface area contributed by atoms with Gasteiger partial charge in [0.15, 0.2) is 0 Å². The van der Waals surface area contributed by atoms with E-state index < -0.39 is 29.0 Å². The zero-order valence-electron chi connectivity index (χ0n) is 14.2. The van der Waals surface area contributed by atoms with Gasteiger partial charge in [-0.05, 0) is 24.5 Å². The molecule has 140 valence electrons. The number of aryl methyl sites for hydroxylation is 1. The minimum absolute atomic E-state index is 0.223. The number of alkyl halides is 3. The molecule has 0 saturated carbocycles. The third-order valence-corrected chi connectivity index (χ3v) is 4.41. The van der Waals surface area contributed by atoms with Gasteiger partial charge in [-0.1, -0.05) is 43.4 Å². The summed E-state index contributed by atoms with van der Waals surface area (Å²) in [6, 6.07) is 5.93. The predicted octanol–water partition coefficient (Wildman–Crippen LogP) is 3.26. The lowest BCUT2D eigenvalue weighted by molar-refractivity contribution is -0.138. The number of carbonyl (C=O) groups excluding carboxylic acids is 2. The van der Waals surface area contributed by atoms with Crippen LogP contribution in [0.15, 0.2) is 24.3 Å². The van der Waals surface area contributed by atoms with E-state index >= 15 is 0 Å². The lowest BCUT2D eigenvalue weighted by Crippen LogP contribution is -2.47. The number of carbonyl (C=O) groups is 2. The highest BCUT2D eigenvalue weighted by Gasteiger charge is 2.36. The Morgan fingerprint density at radius 2 is 1.81 bits per heavy atom. The molecule has 2 rings (SSSR count). The summed E-state index contributed by atoms with van der Waals surface area (Å²) in [6.07, 6.45) is -4.63. The summed E-state index contributed by atoms with van der Waals surface area (Å²) >= 11 is 0.223. The first-order valence-electron chi connectivity index (χ1n) is 7.67. The van der Waals surface area contributed by atoms with E-state index in [0.717, 1.165) is 5.56 Å². The Labute approximate surface area is 151 Å². The van der Waals surface area contributed by atoms with Crippen LogP contribution in [-0.4, -0.2) is 28.1 Å². The van der Waals surface area contributed by atoms with Gasteiger partial charge >= 0.3 is 6.18 Å². The molecule has 6 nitrogen and oxygen atoms in total. The van der Waals surface area contributed by atoms with Crippen molar-refractivity contribution in [2.24, 2.45) is 5.92 Å². The van der Waals surface area contributed by atoms with E-state index in [9.17, 15) is 22.8 Å². The highest BCUT2D eigenvalue weighted by Crippen LogP contribution is 2.33. The van der Waals surface area contributed by atoms with Crippen molar-refractivity contribution in [3.05, 3.63) is 40.4 Å². The van der Waals surface area contributed by atoms with E-state index in [4.69, 9.17) is 0 Å². The Morgan fingerprint density at radius 3 is 2.35 bits per heavy atom. The number of halogens is 3. The Hall–Kier alpha value is -2.49. The normalized spacial score (nSPS) is 12.7. The smallest absolute Gasteiger partial charge is 0.340 e. The number of rotatable bonds is 5. The highest BCUT2D eigenvalue weighted by molar-refractivity contribution is 7.15. The third kappa shape index (κ3) is 4.78. The van der Waals surface area contributed by atoms with Gasteiger partial charge < -0.3 is 5.32 Å². The number of hydrogen-bond acceptors (Lipinski definition) is 5. The average Bonchev–Trinajstić information content (AvgIpc) is 3.01. The molecule has 1 atom stereocenters. The van der Waals surface area contributed by atoms with Crippen molar-refractivity contribution in [2.45, 2.75) is 33.0 Å². The van der Waals surface area contributed by atoms with Crippen LogP contribution in [-0.2, 0) is 11.0 Å². The van der Waals surface area contributed by atoms with Gasteiger partial charge in [0.05, 0.1) is 0 Å². The lowest BCUT2D eigenvalue weighted by Gasteiger charge is -2.21. The number of hydrogen-bond donors (Lipinski definition) is 2. The molecule has 26 heavy (non-hydrogen) atoms.